The number of hydrogen-bond acceptors (Lipinski definition) is 4. The molecule has 0 unspecified atom stereocenters. The van der Waals surface area contributed by atoms with Crippen LogP contribution in [0.4, 0.5) is 0 Å². The fourth-order valence-corrected chi connectivity index (χ4v) is 2.36. The summed E-state index contributed by atoms with van der Waals surface area (Å²) in [4.78, 5) is 15.7. The van der Waals surface area contributed by atoms with Gasteiger partial charge in [-0.05, 0) is 58.7 Å². The predicted molar refractivity (Wildman–Crippen MR) is 77.2 cm³/mol. The number of nitrogens with zero attached hydrogens (tertiary/aromatic N) is 1. The minimum Gasteiger partial charge on any atom is -0.459 e. The Morgan fingerprint density at radius 1 is 1.44 bits per heavy atom. The summed E-state index contributed by atoms with van der Waals surface area (Å²) in [5.74, 6) is -0.268. The highest BCUT2D eigenvalue weighted by Gasteiger charge is 2.15. The molecule has 6 heteroatoms. The smallest absolute Gasteiger partial charge is 0.320 e. The molecule has 0 aliphatic carbocycles. The van der Waals surface area contributed by atoms with E-state index in [1.54, 1.807) is 6.20 Å². The van der Waals surface area contributed by atoms with Crippen LogP contribution in [0.2, 0.25) is 0 Å². The summed E-state index contributed by atoms with van der Waals surface area (Å²) in [6, 6.07) is 1.91. The molecular weight excluding hydrogens is 364 g/mol. The van der Waals surface area contributed by atoms with Crippen LogP contribution in [0, 0.1) is 0 Å². The van der Waals surface area contributed by atoms with Crippen molar-refractivity contribution in [3.05, 3.63) is 26.9 Å². The second kappa shape index (κ2) is 6.63. The number of hydrogen-bond donors (Lipinski definition) is 1. The van der Waals surface area contributed by atoms with Gasteiger partial charge in [0.2, 0.25) is 0 Å². The lowest BCUT2D eigenvalue weighted by Gasteiger charge is -2.19. The molecule has 0 aliphatic rings. The molecule has 18 heavy (non-hydrogen) atoms. The second-order valence-corrected chi connectivity index (χ2v) is 6.54. The predicted octanol–water partition coefficient (Wildman–Crippen LogP) is 3.04. The lowest BCUT2D eigenvalue weighted by Crippen LogP contribution is -2.31. The third-order valence-electron chi connectivity index (χ3n) is 1.87. The maximum atomic E-state index is 11.5. The molecule has 0 atom stereocenters. The monoisotopic (exact) mass is 378 g/mol. The molecule has 0 amide bonds. The molecule has 0 aromatic carbocycles. The number of ether oxygens (including phenoxy) is 1. The minimum absolute atomic E-state index is 0.168. The Balaban J connectivity index is 2.40. The fourth-order valence-electron chi connectivity index (χ4n) is 1.23. The van der Waals surface area contributed by atoms with Gasteiger partial charge in [-0.3, -0.25) is 9.78 Å². The summed E-state index contributed by atoms with van der Waals surface area (Å²) >= 11 is 6.75. The molecule has 1 rings (SSSR count). The van der Waals surface area contributed by atoms with Gasteiger partial charge >= 0.3 is 5.97 Å². The van der Waals surface area contributed by atoms with E-state index in [4.69, 9.17) is 4.74 Å². The first kappa shape index (κ1) is 15.6. The number of rotatable bonds is 4. The number of esters is 1. The molecular formula is C12H16Br2N2O2. The number of carbonyl (C=O) groups is 1. The molecule has 0 bridgehead atoms. The molecule has 0 aliphatic heterocycles. The van der Waals surface area contributed by atoms with Crippen LogP contribution >= 0.6 is 31.9 Å². The highest BCUT2D eigenvalue weighted by atomic mass is 79.9. The lowest BCUT2D eigenvalue weighted by atomic mass is 10.2. The highest BCUT2D eigenvalue weighted by molar-refractivity contribution is 9.11. The Morgan fingerprint density at radius 2 is 2.11 bits per heavy atom. The van der Waals surface area contributed by atoms with E-state index >= 15 is 0 Å². The SMILES string of the molecule is CC(C)(C)OC(=O)CNCc1ncc(Br)cc1Br. The zero-order chi connectivity index (χ0) is 13.8. The molecule has 1 N–H and O–H groups in total. The molecule has 100 valence electrons. The molecule has 1 aromatic rings. The van der Waals surface area contributed by atoms with E-state index in [0.29, 0.717) is 6.54 Å². The van der Waals surface area contributed by atoms with Crippen LogP contribution in [-0.4, -0.2) is 23.1 Å². The summed E-state index contributed by atoms with van der Waals surface area (Å²) in [6.45, 7) is 6.21. The van der Waals surface area contributed by atoms with Crippen LogP contribution in [0.3, 0.4) is 0 Å². The van der Waals surface area contributed by atoms with Crippen molar-refractivity contribution in [3.8, 4) is 0 Å². The number of aromatic nitrogens is 1. The van der Waals surface area contributed by atoms with Crippen molar-refractivity contribution in [2.45, 2.75) is 32.9 Å². The molecule has 0 saturated carbocycles. The van der Waals surface area contributed by atoms with Gasteiger partial charge in [0, 0.05) is 21.7 Å². The van der Waals surface area contributed by atoms with Gasteiger partial charge in [0.1, 0.15) is 5.60 Å². The lowest BCUT2D eigenvalue weighted by molar-refractivity contribution is -0.153. The summed E-state index contributed by atoms with van der Waals surface area (Å²) in [7, 11) is 0. The average molecular weight is 380 g/mol. The van der Waals surface area contributed by atoms with Gasteiger partial charge in [-0.2, -0.15) is 0 Å². The molecule has 1 aromatic heterocycles. The Labute approximate surface area is 124 Å². The van der Waals surface area contributed by atoms with Crippen LogP contribution in [0.5, 0.6) is 0 Å². The number of pyridine rings is 1. The van der Waals surface area contributed by atoms with Gasteiger partial charge in [-0.25, -0.2) is 0 Å². The van der Waals surface area contributed by atoms with E-state index < -0.39 is 5.60 Å². The number of carbonyl (C=O) groups excluding carboxylic acids is 1. The van der Waals surface area contributed by atoms with Gasteiger partial charge < -0.3 is 10.1 Å². The van der Waals surface area contributed by atoms with E-state index in [0.717, 1.165) is 14.6 Å². The van der Waals surface area contributed by atoms with Crippen LogP contribution in [0.15, 0.2) is 21.2 Å². The molecule has 0 saturated heterocycles. The van der Waals surface area contributed by atoms with Gasteiger partial charge in [0.25, 0.3) is 0 Å². The van der Waals surface area contributed by atoms with Crippen molar-refractivity contribution in [3.63, 3.8) is 0 Å². The number of halogens is 2. The van der Waals surface area contributed by atoms with Gasteiger partial charge in [0.15, 0.2) is 0 Å². The third-order valence-corrected chi connectivity index (χ3v) is 2.99. The standard InChI is InChI=1S/C12H16Br2N2O2/c1-12(2,3)18-11(17)7-15-6-10-9(14)4-8(13)5-16-10/h4-5,15H,6-7H2,1-3H3. The van der Waals surface area contributed by atoms with Crippen molar-refractivity contribution in [1.82, 2.24) is 10.3 Å². The average Bonchev–Trinajstić information content (AvgIpc) is 2.18. The van der Waals surface area contributed by atoms with Gasteiger partial charge in [-0.1, -0.05) is 0 Å². The summed E-state index contributed by atoms with van der Waals surface area (Å²) in [5.41, 5.74) is 0.400. The van der Waals surface area contributed by atoms with Crippen molar-refractivity contribution in [1.29, 1.82) is 0 Å². The van der Waals surface area contributed by atoms with E-state index in [9.17, 15) is 4.79 Å². The minimum atomic E-state index is -0.449. The van der Waals surface area contributed by atoms with Crippen LogP contribution in [0.25, 0.3) is 0 Å². The largest absolute Gasteiger partial charge is 0.459 e. The molecule has 0 spiro atoms. The zero-order valence-electron chi connectivity index (χ0n) is 10.6. The second-order valence-electron chi connectivity index (χ2n) is 4.77. The maximum absolute atomic E-state index is 11.5. The first-order valence-corrected chi connectivity index (χ1v) is 7.09. The van der Waals surface area contributed by atoms with Crippen LogP contribution in [-0.2, 0) is 16.1 Å². The van der Waals surface area contributed by atoms with Crippen LogP contribution < -0.4 is 5.32 Å². The topological polar surface area (TPSA) is 51.2 Å². The summed E-state index contributed by atoms with van der Waals surface area (Å²) in [6.07, 6.45) is 1.72. The highest BCUT2D eigenvalue weighted by Crippen LogP contribution is 2.19. The van der Waals surface area contributed by atoms with Gasteiger partial charge in [-0.15, -0.1) is 0 Å². The Hall–Kier alpha value is -0.460. The Kier molecular flexibility index (Phi) is 5.75. The van der Waals surface area contributed by atoms with Crippen molar-refractivity contribution in [2.24, 2.45) is 0 Å². The van der Waals surface area contributed by atoms with Crippen LogP contribution in [0.1, 0.15) is 26.5 Å². The first-order valence-electron chi connectivity index (χ1n) is 5.50. The zero-order valence-corrected chi connectivity index (χ0v) is 13.8. The molecule has 0 radical (unpaired) electrons. The molecule has 4 nitrogen and oxygen atoms in total. The summed E-state index contributed by atoms with van der Waals surface area (Å²) in [5, 5.41) is 3.00. The van der Waals surface area contributed by atoms with E-state index in [1.165, 1.54) is 0 Å². The molecule has 0 fully saturated rings. The van der Waals surface area contributed by atoms with E-state index in [2.05, 4.69) is 42.2 Å². The maximum Gasteiger partial charge on any atom is 0.320 e. The Bertz CT molecular complexity index is 431. The Morgan fingerprint density at radius 3 is 2.67 bits per heavy atom. The fraction of sp³-hybridized carbons (Fsp3) is 0.500. The normalized spacial score (nSPS) is 11.4. The third kappa shape index (κ3) is 5.93. The van der Waals surface area contributed by atoms with Gasteiger partial charge in [0.05, 0.1) is 12.2 Å². The quantitative estimate of drug-likeness (QED) is 0.817. The number of nitrogens with one attached hydrogen (secondary N) is 1. The van der Waals surface area contributed by atoms with Crippen molar-refractivity contribution in [2.75, 3.05) is 6.54 Å². The van der Waals surface area contributed by atoms with Crippen molar-refractivity contribution < 1.29 is 9.53 Å². The van der Waals surface area contributed by atoms with Crippen molar-refractivity contribution >= 4 is 37.8 Å². The molecule has 1 heterocycles. The van der Waals surface area contributed by atoms with E-state index in [1.807, 2.05) is 26.8 Å². The van der Waals surface area contributed by atoms with E-state index in [-0.39, 0.29) is 12.5 Å². The summed E-state index contributed by atoms with van der Waals surface area (Å²) < 4.78 is 6.99. The first-order chi connectivity index (χ1) is 8.28.